The van der Waals surface area contributed by atoms with Crippen molar-refractivity contribution in [1.29, 1.82) is 0 Å². The lowest BCUT2D eigenvalue weighted by molar-refractivity contribution is 1.33. The van der Waals surface area contributed by atoms with E-state index in [9.17, 15) is 0 Å². The molecule has 1 N–H and O–H groups in total. The maximum absolute atomic E-state index is 6.02. The van der Waals surface area contributed by atoms with Crippen LogP contribution in [-0.2, 0) is 0 Å². The van der Waals surface area contributed by atoms with E-state index in [1.165, 1.54) is 0 Å². The Balaban J connectivity index is 2.22. The number of nitrogens with one attached hydrogen (secondary N) is 1. The van der Waals surface area contributed by atoms with Gasteiger partial charge in [-0.25, -0.2) is 4.98 Å². The molecule has 5 heteroatoms. The summed E-state index contributed by atoms with van der Waals surface area (Å²) in [5.74, 6) is 0.805. The molecular weight excluding hydrogens is 382 g/mol. The van der Waals surface area contributed by atoms with Crippen molar-refractivity contribution >= 4 is 56.8 Å². The van der Waals surface area contributed by atoms with Gasteiger partial charge in [-0.1, -0.05) is 23.2 Å². The van der Waals surface area contributed by atoms with Crippen LogP contribution in [0.5, 0.6) is 0 Å². The average molecular weight is 389 g/mol. The van der Waals surface area contributed by atoms with Gasteiger partial charge >= 0.3 is 0 Å². The van der Waals surface area contributed by atoms with Crippen LogP contribution in [0.1, 0.15) is 0 Å². The molecule has 0 atom stereocenters. The Hall–Kier alpha value is -0.780. The SMILES string of the molecule is Clc1ccc(I)c(-c2nc3ccc(Cl)cc3[nH]2)c1. The fourth-order valence-corrected chi connectivity index (χ4v) is 2.72. The summed E-state index contributed by atoms with van der Waals surface area (Å²) in [4.78, 5) is 7.81. The Labute approximate surface area is 127 Å². The van der Waals surface area contributed by atoms with Gasteiger partial charge in [-0.3, -0.25) is 0 Å². The normalized spacial score (nSPS) is 11.1. The number of benzene rings is 2. The summed E-state index contributed by atoms with van der Waals surface area (Å²) in [6.07, 6.45) is 0. The van der Waals surface area contributed by atoms with Crippen molar-refractivity contribution in [2.75, 3.05) is 0 Å². The van der Waals surface area contributed by atoms with Crippen LogP contribution < -0.4 is 0 Å². The molecule has 2 aromatic carbocycles. The highest BCUT2D eigenvalue weighted by Crippen LogP contribution is 2.28. The average Bonchev–Trinajstić information content (AvgIpc) is 2.74. The van der Waals surface area contributed by atoms with E-state index in [1.807, 2.05) is 36.4 Å². The van der Waals surface area contributed by atoms with Gasteiger partial charge < -0.3 is 4.98 Å². The second-order valence-corrected chi connectivity index (χ2v) is 5.91. The van der Waals surface area contributed by atoms with Crippen LogP contribution in [-0.4, -0.2) is 9.97 Å². The highest BCUT2D eigenvalue weighted by Gasteiger charge is 2.09. The number of fused-ring (bicyclic) bond motifs is 1. The molecule has 0 unspecified atom stereocenters. The van der Waals surface area contributed by atoms with E-state index in [4.69, 9.17) is 23.2 Å². The second kappa shape index (κ2) is 4.72. The fourth-order valence-electron chi connectivity index (χ4n) is 1.79. The molecule has 0 bridgehead atoms. The Bertz CT molecular complexity index is 737. The van der Waals surface area contributed by atoms with Crippen molar-refractivity contribution in [1.82, 2.24) is 9.97 Å². The highest BCUT2D eigenvalue weighted by atomic mass is 127. The van der Waals surface area contributed by atoms with Crippen LogP contribution in [0.2, 0.25) is 10.0 Å². The molecule has 3 rings (SSSR count). The van der Waals surface area contributed by atoms with E-state index < -0.39 is 0 Å². The molecular formula is C13H7Cl2IN2. The monoisotopic (exact) mass is 388 g/mol. The molecule has 1 aromatic heterocycles. The molecule has 0 aliphatic heterocycles. The largest absolute Gasteiger partial charge is 0.338 e. The minimum Gasteiger partial charge on any atom is -0.338 e. The Morgan fingerprint density at radius 3 is 2.56 bits per heavy atom. The van der Waals surface area contributed by atoms with Gasteiger partial charge in [0.2, 0.25) is 0 Å². The molecule has 0 radical (unpaired) electrons. The van der Waals surface area contributed by atoms with Gasteiger partial charge in [0.05, 0.1) is 11.0 Å². The van der Waals surface area contributed by atoms with Crippen molar-refractivity contribution in [3.05, 3.63) is 50.0 Å². The van der Waals surface area contributed by atoms with E-state index in [1.54, 1.807) is 0 Å². The molecule has 1 heterocycles. The van der Waals surface area contributed by atoms with Crippen LogP contribution in [0.3, 0.4) is 0 Å². The first kappa shape index (κ1) is 12.3. The molecule has 0 spiro atoms. The van der Waals surface area contributed by atoms with E-state index in [-0.39, 0.29) is 0 Å². The summed E-state index contributed by atoms with van der Waals surface area (Å²) in [6.45, 7) is 0. The molecule has 2 nitrogen and oxygen atoms in total. The van der Waals surface area contributed by atoms with Crippen molar-refractivity contribution in [2.24, 2.45) is 0 Å². The number of aromatic nitrogens is 2. The number of rotatable bonds is 1. The number of H-pyrrole nitrogens is 1. The number of halogens is 3. The van der Waals surface area contributed by atoms with Crippen molar-refractivity contribution < 1.29 is 0 Å². The first-order chi connectivity index (χ1) is 8.63. The molecule has 0 aliphatic rings. The minimum atomic E-state index is 0.693. The zero-order valence-electron chi connectivity index (χ0n) is 9.05. The molecule has 18 heavy (non-hydrogen) atoms. The molecule has 0 aliphatic carbocycles. The molecule has 0 amide bonds. The predicted octanol–water partition coefficient (Wildman–Crippen LogP) is 5.14. The smallest absolute Gasteiger partial charge is 0.139 e. The Morgan fingerprint density at radius 2 is 1.72 bits per heavy atom. The van der Waals surface area contributed by atoms with Gasteiger partial charge in [-0.05, 0) is 59.0 Å². The first-order valence-electron chi connectivity index (χ1n) is 5.24. The third-order valence-electron chi connectivity index (χ3n) is 2.63. The lowest BCUT2D eigenvalue weighted by Gasteiger charge is -2.01. The maximum Gasteiger partial charge on any atom is 0.139 e. The van der Waals surface area contributed by atoms with Crippen LogP contribution in [0.15, 0.2) is 36.4 Å². The van der Waals surface area contributed by atoms with E-state index in [2.05, 4.69) is 32.6 Å². The zero-order valence-corrected chi connectivity index (χ0v) is 12.7. The molecule has 3 aromatic rings. The summed E-state index contributed by atoms with van der Waals surface area (Å²) in [6, 6.07) is 11.3. The number of imidazole rings is 1. The fraction of sp³-hybridized carbons (Fsp3) is 0. The molecule has 0 saturated carbocycles. The van der Waals surface area contributed by atoms with E-state index in [0.29, 0.717) is 10.0 Å². The number of hydrogen-bond acceptors (Lipinski definition) is 1. The van der Waals surface area contributed by atoms with Crippen LogP contribution in [0, 0.1) is 3.57 Å². The van der Waals surface area contributed by atoms with Gasteiger partial charge in [0, 0.05) is 19.2 Å². The minimum absolute atomic E-state index is 0.693. The molecule has 0 saturated heterocycles. The first-order valence-corrected chi connectivity index (χ1v) is 7.07. The second-order valence-electron chi connectivity index (χ2n) is 3.87. The summed E-state index contributed by atoms with van der Waals surface area (Å²) in [7, 11) is 0. The Kier molecular flexibility index (Phi) is 3.21. The van der Waals surface area contributed by atoms with Crippen molar-refractivity contribution in [3.8, 4) is 11.4 Å². The topological polar surface area (TPSA) is 28.7 Å². The van der Waals surface area contributed by atoms with Crippen molar-refractivity contribution in [2.45, 2.75) is 0 Å². The summed E-state index contributed by atoms with van der Waals surface area (Å²) in [5.41, 5.74) is 2.81. The van der Waals surface area contributed by atoms with Crippen LogP contribution >= 0.6 is 45.8 Å². The number of aromatic amines is 1. The zero-order chi connectivity index (χ0) is 12.7. The summed E-state index contributed by atoms with van der Waals surface area (Å²) < 4.78 is 1.10. The third-order valence-corrected chi connectivity index (χ3v) is 4.04. The lowest BCUT2D eigenvalue weighted by atomic mass is 10.2. The lowest BCUT2D eigenvalue weighted by Crippen LogP contribution is -1.84. The summed E-state index contributed by atoms with van der Waals surface area (Å²) in [5, 5.41) is 1.39. The molecule has 90 valence electrons. The van der Waals surface area contributed by atoms with Gasteiger partial charge in [0.25, 0.3) is 0 Å². The standard InChI is InChI=1S/C13H7Cl2IN2/c14-7-1-3-10(16)9(5-7)13-17-11-4-2-8(15)6-12(11)18-13/h1-6H,(H,17,18). The quantitative estimate of drug-likeness (QED) is 0.574. The van der Waals surface area contributed by atoms with E-state index in [0.717, 1.165) is 26.0 Å². The molecule has 0 fully saturated rings. The van der Waals surface area contributed by atoms with Gasteiger partial charge in [-0.2, -0.15) is 0 Å². The van der Waals surface area contributed by atoms with Gasteiger partial charge in [0.15, 0.2) is 0 Å². The predicted molar refractivity (Wildman–Crippen MR) is 84.3 cm³/mol. The number of hydrogen-bond donors (Lipinski definition) is 1. The van der Waals surface area contributed by atoms with Gasteiger partial charge in [0.1, 0.15) is 5.82 Å². The van der Waals surface area contributed by atoms with Crippen molar-refractivity contribution in [3.63, 3.8) is 0 Å². The third kappa shape index (κ3) is 2.22. The van der Waals surface area contributed by atoms with Crippen LogP contribution in [0.4, 0.5) is 0 Å². The van der Waals surface area contributed by atoms with E-state index >= 15 is 0 Å². The van der Waals surface area contributed by atoms with Gasteiger partial charge in [-0.15, -0.1) is 0 Å². The summed E-state index contributed by atoms with van der Waals surface area (Å²) >= 11 is 14.3. The maximum atomic E-state index is 6.02. The number of nitrogens with zero attached hydrogens (tertiary/aromatic N) is 1. The Morgan fingerprint density at radius 1 is 1.00 bits per heavy atom. The van der Waals surface area contributed by atoms with Crippen LogP contribution in [0.25, 0.3) is 22.4 Å². The highest BCUT2D eigenvalue weighted by molar-refractivity contribution is 14.1.